The lowest BCUT2D eigenvalue weighted by Gasteiger charge is -2.34. The van der Waals surface area contributed by atoms with Gasteiger partial charge in [-0.05, 0) is 37.5 Å². The predicted octanol–water partition coefficient (Wildman–Crippen LogP) is 3.02. The monoisotopic (exact) mass is 367 g/mol. The Morgan fingerprint density at radius 1 is 1.00 bits per heavy atom. The van der Waals surface area contributed by atoms with E-state index in [1.54, 1.807) is 6.07 Å². The van der Waals surface area contributed by atoms with Crippen molar-refractivity contribution in [3.05, 3.63) is 62.8 Å². The van der Waals surface area contributed by atoms with Crippen LogP contribution in [0.3, 0.4) is 0 Å². The SMILES string of the molecule is Cc1cc(CN2CCN(Cc3cc(=O)oc4c(C)c(C)ccc34)CC2)no1. The zero-order chi connectivity index (χ0) is 19.0. The molecule has 0 radical (unpaired) electrons. The predicted molar refractivity (Wildman–Crippen MR) is 104 cm³/mol. The highest BCUT2D eigenvalue weighted by atomic mass is 16.5. The summed E-state index contributed by atoms with van der Waals surface area (Å²) in [6.07, 6.45) is 0. The molecule has 0 aliphatic carbocycles. The Hall–Kier alpha value is -2.44. The standard InChI is InChI=1S/C21H25N3O3/c1-14-4-5-19-17(11-20(25)26-21(19)16(14)3)12-23-6-8-24(9-7-23)13-18-10-15(2)27-22-18/h4-5,10-11H,6-9,12-13H2,1-3H3. The van der Waals surface area contributed by atoms with Gasteiger partial charge in [0.2, 0.25) is 0 Å². The van der Waals surface area contributed by atoms with Gasteiger partial charge < -0.3 is 8.94 Å². The van der Waals surface area contributed by atoms with Crippen LogP contribution in [0.2, 0.25) is 0 Å². The van der Waals surface area contributed by atoms with E-state index in [4.69, 9.17) is 8.94 Å². The summed E-state index contributed by atoms with van der Waals surface area (Å²) in [5.41, 5.74) is 4.66. The maximum absolute atomic E-state index is 12.1. The molecular formula is C21H25N3O3. The fraction of sp³-hybridized carbons (Fsp3) is 0.429. The molecule has 3 aromatic rings. The van der Waals surface area contributed by atoms with Crippen molar-refractivity contribution in [2.75, 3.05) is 26.2 Å². The first-order valence-electron chi connectivity index (χ1n) is 9.39. The lowest BCUT2D eigenvalue weighted by atomic mass is 10.0. The van der Waals surface area contributed by atoms with E-state index in [0.717, 1.165) is 78.4 Å². The fourth-order valence-electron chi connectivity index (χ4n) is 3.72. The molecule has 142 valence electrons. The van der Waals surface area contributed by atoms with Gasteiger partial charge in [-0.15, -0.1) is 0 Å². The van der Waals surface area contributed by atoms with Crippen LogP contribution >= 0.6 is 0 Å². The third-order valence-electron chi connectivity index (χ3n) is 5.44. The molecule has 1 aliphatic heterocycles. The highest BCUT2D eigenvalue weighted by Gasteiger charge is 2.20. The van der Waals surface area contributed by atoms with E-state index in [1.165, 1.54) is 0 Å². The minimum atomic E-state index is -0.272. The van der Waals surface area contributed by atoms with Crippen LogP contribution in [0, 0.1) is 20.8 Å². The zero-order valence-corrected chi connectivity index (χ0v) is 16.1. The fourth-order valence-corrected chi connectivity index (χ4v) is 3.72. The largest absolute Gasteiger partial charge is 0.422 e. The van der Waals surface area contributed by atoms with Crippen molar-refractivity contribution in [3.8, 4) is 0 Å². The first-order chi connectivity index (χ1) is 13.0. The van der Waals surface area contributed by atoms with Crippen molar-refractivity contribution in [1.29, 1.82) is 0 Å². The molecule has 1 fully saturated rings. The molecule has 0 saturated carbocycles. The first kappa shape index (κ1) is 17.9. The van der Waals surface area contributed by atoms with Crippen LogP contribution in [0.5, 0.6) is 0 Å². The number of hydrogen-bond acceptors (Lipinski definition) is 6. The summed E-state index contributed by atoms with van der Waals surface area (Å²) in [6.45, 7) is 11.4. The van der Waals surface area contributed by atoms with Gasteiger partial charge in [0.05, 0.1) is 5.69 Å². The van der Waals surface area contributed by atoms with E-state index in [9.17, 15) is 4.79 Å². The number of fused-ring (bicyclic) bond motifs is 1. The number of rotatable bonds is 4. The smallest absolute Gasteiger partial charge is 0.336 e. The Bertz CT molecular complexity index is 1010. The Kier molecular flexibility index (Phi) is 4.85. The summed E-state index contributed by atoms with van der Waals surface area (Å²) < 4.78 is 10.6. The van der Waals surface area contributed by atoms with Crippen LogP contribution in [0.25, 0.3) is 11.0 Å². The van der Waals surface area contributed by atoms with Gasteiger partial charge >= 0.3 is 5.63 Å². The number of piperazine rings is 1. The minimum absolute atomic E-state index is 0.272. The van der Waals surface area contributed by atoms with Gasteiger partial charge in [-0.25, -0.2) is 4.79 Å². The lowest BCUT2D eigenvalue weighted by Crippen LogP contribution is -2.45. The molecule has 1 aliphatic rings. The topological polar surface area (TPSA) is 62.7 Å². The lowest BCUT2D eigenvalue weighted by molar-refractivity contribution is 0.120. The number of nitrogens with zero attached hydrogens (tertiary/aromatic N) is 3. The van der Waals surface area contributed by atoms with E-state index in [0.29, 0.717) is 0 Å². The molecule has 1 saturated heterocycles. The summed E-state index contributed by atoms with van der Waals surface area (Å²) in [5, 5.41) is 5.12. The van der Waals surface area contributed by atoms with Crippen molar-refractivity contribution < 1.29 is 8.94 Å². The van der Waals surface area contributed by atoms with Gasteiger partial charge in [0.1, 0.15) is 11.3 Å². The number of benzene rings is 1. The van der Waals surface area contributed by atoms with E-state index in [1.807, 2.05) is 26.8 Å². The van der Waals surface area contributed by atoms with Gasteiger partial charge in [-0.3, -0.25) is 9.80 Å². The normalized spacial score (nSPS) is 16.3. The van der Waals surface area contributed by atoms with Crippen LogP contribution in [0.1, 0.15) is 28.1 Å². The quantitative estimate of drug-likeness (QED) is 0.661. The molecule has 0 bridgehead atoms. The van der Waals surface area contributed by atoms with Crippen LogP contribution in [-0.2, 0) is 13.1 Å². The highest BCUT2D eigenvalue weighted by Crippen LogP contribution is 2.24. The maximum atomic E-state index is 12.1. The number of aromatic nitrogens is 1. The molecule has 3 heterocycles. The maximum Gasteiger partial charge on any atom is 0.336 e. The van der Waals surface area contributed by atoms with Gasteiger partial charge in [-0.2, -0.15) is 0 Å². The second-order valence-electron chi connectivity index (χ2n) is 7.46. The van der Waals surface area contributed by atoms with Crippen LogP contribution in [0.15, 0.2) is 38.0 Å². The molecule has 2 aromatic heterocycles. The van der Waals surface area contributed by atoms with E-state index < -0.39 is 0 Å². The molecule has 0 atom stereocenters. The molecule has 0 unspecified atom stereocenters. The van der Waals surface area contributed by atoms with Gasteiger partial charge in [0.25, 0.3) is 0 Å². The van der Waals surface area contributed by atoms with Gasteiger partial charge in [0.15, 0.2) is 0 Å². The van der Waals surface area contributed by atoms with Gasteiger partial charge in [-0.1, -0.05) is 17.3 Å². The highest BCUT2D eigenvalue weighted by molar-refractivity contribution is 5.83. The molecule has 0 amide bonds. The molecule has 1 aromatic carbocycles. The Morgan fingerprint density at radius 2 is 1.70 bits per heavy atom. The average molecular weight is 367 g/mol. The summed E-state index contributed by atoms with van der Waals surface area (Å²) in [7, 11) is 0. The van der Waals surface area contributed by atoms with Crippen molar-refractivity contribution in [2.45, 2.75) is 33.9 Å². The van der Waals surface area contributed by atoms with Crippen molar-refractivity contribution in [1.82, 2.24) is 15.0 Å². The molecule has 6 nitrogen and oxygen atoms in total. The summed E-state index contributed by atoms with van der Waals surface area (Å²) in [4.78, 5) is 16.8. The molecule has 0 N–H and O–H groups in total. The van der Waals surface area contributed by atoms with Crippen LogP contribution < -0.4 is 5.63 Å². The Labute approximate surface area is 158 Å². The molecular weight excluding hydrogens is 342 g/mol. The summed E-state index contributed by atoms with van der Waals surface area (Å²) in [6, 6.07) is 7.80. The summed E-state index contributed by atoms with van der Waals surface area (Å²) >= 11 is 0. The number of aryl methyl sites for hydroxylation is 3. The van der Waals surface area contributed by atoms with Crippen LogP contribution in [-0.4, -0.2) is 41.1 Å². The molecule has 6 heteroatoms. The average Bonchev–Trinajstić information content (AvgIpc) is 3.05. The second-order valence-corrected chi connectivity index (χ2v) is 7.46. The van der Waals surface area contributed by atoms with Crippen molar-refractivity contribution in [2.24, 2.45) is 0 Å². The molecule has 4 rings (SSSR count). The van der Waals surface area contributed by atoms with Crippen molar-refractivity contribution in [3.63, 3.8) is 0 Å². The number of hydrogen-bond donors (Lipinski definition) is 0. The molecule has 0 spiro atoms. The first-order valence-corrected chi connectivity index (χ1v) is 9.39. The van der Waals surface area contributed by atoms with Crippen molar-refractivity contribution >= 4 is 11.0 Å². The van der Waals surface area contributed by atoms with E-state index in [-0.39, 0.29) is 5.63 Å². The van der Waals surface area contributed by atoms with E-state index in [2.05, 4.69) is 27.1 Å². The van der Waals surface area contributed by atoms with Crippen LogP contribution in [0.4, 0.5) is 0 Å². The van der Waals surface area contributed by atoms with Gasteiger partial charge in [0, 0.05) is 56.8 Å². The third-order valence-corrected chi connectivity index (χ3v) is 5.44. The zero-order valence-electron chi connectivity index (χ0n) is 16.1. The summed E-state index contributed by atoms with van der Waals surface area (Å²) in [5.74, 6) is 0.851. The third kappa shape index (κ3) is 3.82. The second kappa shape index (κ2) is 7.29. The Balaban J connectivity index is 1.46. The van der Waals surface area contributed by atoms with E-state index >= 15 is 0 Å². The molecule has 27 heavy (non-hydrogen) atoms. The Morgan fingerprint density at radius 3 is 2.37 bits per heavy atom. The minimum Gasteiger partial charge on any atom is -0.422 e.